The molecule has 1 amide bonds. The number of hydrogen-bond acceptors (Lipinski definition) is 5. The Balaban J connectivity index is 1.23. The van der Waals surface area contributed by atoms with Gasteiger partial charge in [-0.25, -0.2) is 4.98 Å². The number of aryl methyl sites for hydroxylation is 2. The molecule has 2 aliphatic heterocycles. The van der Waals surface area contributed by atoms with Crippen LogP contribution in [0.2, 0.25) is 0 Å². The molecule has 8 nitrogen and oxygen atoms in total. The molecular weight excluding hydrogens is 504 g/mol. The molecule has 5 aromatic rings. The Hall–Kier alpha value is -4.59. The molecule has 0 saturated heterocycles. The van der Waals surface area contributed by atoms with Crippen molar-refractivity contribution in [3.05, 3.63) is 87.7 Å². The molecule has 0 atom stereocenters. The molecule has 0 radical (unpaired) electrons. The second kappa shape index (κ2) is 9.55. The summed E-state index contributed by atoms with van der Waals surface area (Å²) in [7, 11) is 3.27. The van der Waals surface area contributed by atoms with Crippen LogP contribution in [0.4, 0.5) is 0 Å². The van der Waals surface area contributed by atoms with Crippen LogP contribution in [0.3, 0.4) is 0 Å². The van der Waals surface area contributed by atoms with Gasteiger partial charge in [-0.05, 0) is 59.9 Å². The molecular formula is C32H30N4O4. The van der Waals surface area contributed by atoms with Crippen molar-refractivity contribution in [3.8, 4) is 23.0 Å². The standard InChI is InChI=1S/C32H30N4O4/c1-39-27-17-20-11-14-34(19-21(20)18-28(27)40-2)29(37)13-16-35-26-10-6-4-7-22(26)23-12-15-36-31(30(23)35)33-25-9-5-3-8-24(25)32(36)38/h3-10,17-18H,11-16,19H2,1-2H3. The third kappa shape index (κ3) is 3.78. The molecule has 0 N–H and O–H groups in total. The van der Waals surface area contributed by atoms with Crippen LogP contribution in [0.15, 0.2) is 65.5 Å². The average molecular weight is 535 g/mol. The number of methoxy groups -OCH3 is 2. The zero-order chi connectivity index (χ0) is 27.4. The number of nitrogens with zero attached hydrogens (tertiary/aromatic N) is 4. The van der Waals surface area contributed by atoms with E-state index in [9.17, 15) is 9.59 Å². The molecule has 8 heteroatoms. The van der Waals surface area contributed by atoms with E-state index in [2.05, 4.69) is 16.7 Å². The topological polar surface area (TPSA) is 78.6 Å². The van der Waals surface area contributed by atoms with Crippen molar-refractivity contribution in [2.24, 2.45) is 0 Å². The quantitative estimate of drug-likeness (QED) is 0.330. The summed E-state index contributed by atoms with van der Waals surface area (Å²) in [6.45, 7) is 2.31. The summed E-state index contributed by atoms with van der Waals surface area (Å²) in [6, 6.07) is 19.8. The highest BCUT2D eigenvalue weighted by molar-refractivity contribution is 5.92. The van der Waals surface area contributed by atoms with Crippen molar-refractivity contribution in [1.29, 1.82) is 0 Å². The summed E-state index contributed by atoms with van der Waals surface area (Å²) in [5, 5.41) is 1.79. The second-order valence-electron chi connectivity index (χ2n) is 10.4. The van der Waals surface area contributed by atoms with E-state index in [1.165, 1.54) is 11.1 Å². The predicted octanol–water partition coefficient (Wildman–Crippen LogP) is 4.57. The number of aromatic nitrogens is 3. The van der Waals surface area contributed by atoms with Gasteiger partial charge in [-0.3, -0.25) is 14.2 Å². The van der Waals surface area contributed by atoms with Gasteiger partial charge in [-0.15, -0.1) is 0 Å². The number of amides is 1. The average Bonchev–Trinajstić information content (AvgIpc) is 3.33. The molecule has 0 spiro atoms. The maximum atomic E-state index is 13.5. The number of benzene rings is 3. The first-order chi connectivity index (χ1) is 19.6. The Morgan fingerprint density at radius 2 is 1.62 bits per heavy atom. The van der Waals surface area contributed by atoms with Gasteiger partial charge in [-0.1, -0.05) is 30.3 Å². The maximum Gasteiger partial charge on any atom is 0.261 e. The van der Waals surface area contributed by atoms with E-state index in [0.717, 1.165) is 35.0 Å². The third-order valence-corrected chi connectivity index (χ3v) is 8.35. The van der Waals surface area contributed by atoms with E-state index in [4.69, 9.17) is 14.5 Å². The molecule has 40 heavy (non-hydrogen) atoms. The van der Waals surface area contributed by atoms with Crippen LogP contribution in [0, 0.1) is 0 Å². The maximum absolute atomic E-state index is 13.5. The Labute approximate surface area is 231 Å². The molecule has 0 aliphatic carbocycles. The summed E-state index contributed by atoms with van der Waals surface area (Å²) in [4.78, 5) is 33.8. The summed E-state index contributed by atoms with van der Waals surface area (Å²) in [5.41, 5.74) is 6.16. The van der Waals surface area contributed by atoms with Crippen LogP contribution in [0.5, 0.6) is 11.5 Å². The van der Waals surface area contributed by atoms with E-state index < -0.39 is 0 Å². The van der Waals surface area contributed by atoms with Gasteiger partial charge in [0, 0.05) is 43.5 Å². The number of carbonyl (C=O) groups is 1. The number of carbonyl (C=O) groups excluding carboxylic acids is 1. The van der Waals surface area contributed by atoms with Crippen molar-refractivity contribution in [2.45, 2.75) is 38.9 Å². The highest BCUT2D eigenvalue weighted by Gasteiger charge is 2.28. The van der Waals surface area contributed by atoms with Crippen molar-refractivity contribution < 1.29 is 14.3 Å². The van der Waals surface area contributed by atoms with Crippen LogP contribution >= 0.6 is 0 Å². The molecule has 202 valence electrons. The predicted molar refractivity (Wildman–Crippen MR) is 154 cm³/mol. The molecule has 0 fully saturated rings. The minimum atomic E-state index is -0.0156. The normalized spacial score (nSPS) is 14.1. The zero-order valence-electron chi connectivity index (χ0n) is 22.6. The van der Waals surface area contributed by atoms with Crippen molar-refractivity contribution >= 4 is 27.7 Å². The van der Waals surface area contributed by atoms with Gasteiger partial charge in [-0.2, -0.15) is 0 Å². The highest BCUT2D eigenvalue weighted by Crippen LogP contribution is 2.37. The van der Waals surface area contributed by atoms with Crippen LogP contribution in [-0.2, 0) is 37.3 Å². The Kier molecular flexibility index (Phi) is 5.84. The summed E-state index contributed by atoms with van der Waals surface area (Å²) in [6.07, 6.45) is 1.88. The Bertz CT molecular complexity index is 1870. The fourth-order valence-electron chi connectivity index (χ4n) is 6.36. The lowest BCUT2D eigenvalue weighted by molar-refractivity contribution is -0.132. The minimum absolute atomic E-state index is 0.0156. The first-order valence-corrected chi connectivity index (χ1v) is 13.7. The van der Waals surface area contributed by atoms with Gasteiger partial charge < -0.3 is 18.9 Å². The first kappa shape index (κ1) is 24.5. The van der Waals surface area contributed by atoms with Crippen molar-refractivity contribution in [1.82, 2.24) is 19.0 Å². The van der Waals surface area contributed by atoms with E-state index in [1.54, 1.807) is 18.8 Å². The minimum Gasteiger partial charge on any atom is -0.493 e. The monoisotopic (exact) mass is 534 g/mol. The van der Waals surface area contributed by atoms with Crippen LogP contribution < -0.4 is 15.0 Å². The molecule has 2 aliphatic rings. The van der Waals surface area contributed by atoms with Gasteiger partial charge in [0.1, 0.15) is 0 Å². The fraction of sp³-hybridized carbons (Fsp3) is 0.281. The lowest BCUT2D eigenvalue weighted by Crippen LogP contribution is -2.36. The van der Waals surface area contributed by atoms with Gasteiger partial charge in [0.05, 0.1) is 30.8 Å². The molecule has 4 heterocycles. The lowest BCUT2D eigenvalue weighted by atomic mass is 9.98. The highest BCUT2D eigenvalue weighted by atomic mass is 16.5. The summed E-state index contributed by atoms with van der Waals surface area (Å²) < 4.78 is 14.9. The summed E-state index contributed by atoms with van der Waals surface area (Å²) in [5.74, 6) is 2.18. The molecule has 7 rings (SSSR count). The molecule has 0 saturated carbocycles. The van der Waals surface area contributed by atoms with Crippen molar-refractivity contribution in [2.75, 3.05) is 20.8 Å². The fourth-order valence-corrected chi connectivity index (χ4v) is 6.36. The SMILES string of the molecule is COc1cc2c(cc1OC)CN(C(=O)CCn1c3c(c4ccccc41)CCn1c-3nc3ccccc3c1=O)CC2. The Morgan fingerprint density at radius 1 is 0.900 bits per heavy atom. The smallest absolute Gasteiger partial charge is 0.261 e. The van der Waals surface area contributed by atoms with E-state index >= 15 is 0 Å². The van der Waals surface area contributed by atoms with Crippen LogP contribution in [0.1, 0.15) is 23.1 Å². The van der Waals surface area contributed by atoms with E-state index in [0.29, 0.717) is 60.8 Å². The second-order valence-corrected chi connectivity index (χ2v) is 10.4. The van der Waals surface area contributed by atoms with Crippen LogP contribution in [-0.4, -0.2) is 45.7 Å². The number of ether oxygens (including phenoxy) is 2. The van der Waals surface area contributed by atoms with Gasteiger partial charge in [0.25, 0.3) is 5.56 Å². The summed E-state index contributed by atoms with van der Waals surface area (Å²) >= 11 is 0. The van der Waals surface area contributed by atoms with E-state index in [-0.39, 0.29) is 11.5 Å². The van der Waals surface area contributed by atoms with Crippen LogP contribution in [0.25, 0.3) is 33.3 Å². The largest absolute Gasteiger partial charge is 0.493 e. The zero-order valence-corrected chi connectivity index (χ0v) is 22.6. The molecule has 3 aromatic carbocycles. The van der Waals surface area contributed by atoms with Gasteiger partial charge in [0.2, 0.25) is 5.91 Å². The molecule has 0 unspecified atom stereocenters. The third-order valence-electron chi connectivity index (χ3n) is 8.35. The van der Waals surface area contributed by atoms with Gasteiger partial charge in [0.15, 0.2) is 17.3 Å². The number of para-hydroxylation sites is 2. The molecule has 2 aromatic heterocycles. The number of rotatable bonds is 5. The van der Waals surface area contributed by atoms with Gasteiger partial charge >= 0.3 is 0 Å². The number of hydrogen-bond donors (Lipinski definition) is 0. The molecule has 0 bridgehead atoms. The number of fused-ring (bicyclic) bond motifs is 7. The lowest BCUT2D eigenvalue weighted by Gasteiger charge is -2.30. The first-order valence-electron chi connectivity index (χ1n) is 13.7. The van der Waals surface area contributed by atoms with Crippen molar-refractivity contribution in [3.63, 3.8) is 0 Å². The Morgan fingerprint density at radius 3 is 2.42 bits per heavy atom. The van der Waals surface area contributed by atoms with E-state index in [1.807, 2.05) is 53.4 Å².